The van der Waals surface area contributed by atoms with Gasteiger partial charge in [0.15, 0.2) is 0 Å². The summed E-state index contributed by atoms with van der Waals surface area (Å²) in [6.07, 6.45) is 3.95. The first-order valence-corrected chi connectivity index (χ1v) is 6.66. The molecule has 2 nitrogen and oxygen atoms in total. The molecule has 1 aliphatic heterocycles. The number of nitrogens with zero attached hydrogens (tertiary/aromatic N) is 1. The van der Waals surface area contributed by atoms with Gasteiger partial charge in [0.25, 0.3) is 0 Å². The third-order valence-corrected chi connectivity index (χ3v) is 4.08. The molecule has 17 heavy (non-hydrogen) atoms. The van der Waals surface area contributed by atoms with E-state index in [1.807, 2.05) is 12.1 Å². The maximum Gasteiger partial charge on any atom is 0.115 e. The molecule has 3 atom stereocenters. The molecule has 1 aliphatic rings. The van der Waals surface area contributed by atoms with Crippen molar-refractivity contribution in [1.29, 1.82) is 0 Å². The highest BCUT2D eigenvalue weighted by Crippen LogP contribution is 2.32. The van der Waals surface area contributed by atoms with Gasteiger partial charge in [-0.05, 0) is 51.3 Å². The van der Waals surface area contributed by atoms with Crippen LogP contribution >= 0.6 is 0 Å². The maximum atomic E-state index is 9.34. The molecule has 0 aromatic heterocycles. The molecule has 1 aromatic carbocycles. The smallest absolute Gasteiger partial charge is 0.115 e. The number of piperidine rings is 1. The van der Waals surface area contributed by atoms with E-state index in [9.17, 15) is 5.11 Å². The van der Waals surface area contributed by atoms with Crippen LogP contribution < -0.4 is 0 Å². The molecule has 0 amide bonds. The summed E-state index contributed by atoms with van der Waals surface area (Å²) in [5.41, 5.74) is 1.29. The number of phenols is 1. The average molecular weight is 233 g/mol. The Morgan fingerprint density at radius 1 is 1.12 bits per heavy atom. The standard InChI is InChI=1S/C15H23NO/c1-11-5-4-6-12(2)16(11)13(3)14-7-9-15(17)10-8-14/h7-13,17H,4-6H2,1-3H3. The molecule has 2 rings (SSSR count). The van der Waals surface area contributed by atoms with Crippen LogP contribution in [0.3, 0.4) is 0 Å². The molecule has 3 unspecified atom stereocenters. The monoisotopic (exact) mass is 233 g/mol. The van der Waals surface area contributed by atoms with Crippen LogP contribution in [0, 0.1) is 0 Å². The molecule has 1 fully saturated rings. The predicted molar refractivity (Wildman–Crippen MR) is 71.1 cm³/mol. The van der Waals surface area contributed by atoms with E-state index in [1.54, 1.807) is 12.1 Å². The van der Waals surface area contributed by atoms with E-state index >= 15 is 0 Å². The van der Waals surface area contributed by atoms with Crippen LogP contribution in [0.4, 0.5) is 0 Å². The Morgan fingerprint density at radius 3 is 2.18 bits per heavy atom. The number of benzene rings is 1. The van der Waals surface area contributed by atoms with Crippen LogP contribution in [0.2, 0.25) is 0 Å². The topological polar surface area (TPSA) is 23.5 Å². The van der Waals surface area contributed by atoms with E-state index in [-0.39, 0.29) is 0 Å². The lowest BCUT2D eigenvalue weighted by atomic mass is 9.93. The van der Waals surface area contributed by atoms with Gasteiger partial charge in [0.2, 0.25) is 0 Å². The minimum absolute atomic E-state index is 0.348. The van der Waals surface area contributed by atoms with Gasteiger partial charge >= 0.3 is 0 Å². The lowest BCUT2D eigenvalue weighted by Crippen LogP contribution is -2.45. The van der Waals surface area contributed by atoms with Crippen molar-refractivity contribution in [3.8, 4) is 5.75 Å². The fourth-order valence-electron chi connectivity index (χ4n) is 3.13. The second kappa shape index (κ2) is 5.09. The van der Waals surface area contributed by atoms with Crippen LogP contribution in [0.5, 0.6) is 5.75 Å². The lowest BCUT2D eigenvalue weighted by Gasteiger charge is -2.43. The van der Waals surface area contributed by atoms with E-state index in [2.05, 4.69) is 25.7 Å². The van der Waals surface area contributed by atoms with Crippen LogP contribution in [0.1, 0.15) is 51.6 Å². The zero-order valence-corrected chi connectivity index (χ0v) is 11.1. The van der Waals surface area contributed by atoms with Gasteiger partial charge in [-0.3, -0.25) is 4.90 Å². The molecule has 1 aromatic rings. The minimum atomic E-state index is 0.348. The van der Waals surface area contributed by atoms with Crippen molar-refractivity contribution >= 4 is 0 Å². The molecule has 0 spiro atoms. The zero-order valence-electron chi connectivity index (χ0n) is 11.1. The van der Waals surface area contributed by atoms with Crippen LogP contribution in [0.25, 0.3) is 0 Å². The zero-order chi connectivity index (χ0) is 12.4. The van der Waals surface area contributed by atoms with Gasteiger partial charge in [0.1, 0.15) is 5.75 Å². The number of aromatic hydroxyl groups is 1. The molecule has 0 saturated carbocycles. The Hall–Kier alpha value is -1.02. The van der Waals surface area contributed by atoms with E-state index in [0.29, 0.717) is 23.9 Å². The predicted octanol–water partition coefficient (Wildman–Crippen LogP) is 3.72. The average Bonchev–Trinajstić information content (AvgIpc) is 2.29. The molecule has 1 N–H and O–H groups in total. The van der Waals surface area contributed by atoms with E-state index < -0.39 is 0 Å². The third-order valence-electron chi connectivity index (χ3n) is 4.08. The number of hydrogen-bond donors (Lipinski definition) is 1. The molecule has 2 heteroatoms. The van der Waals surface area contributed by atoms with Crippen molar-refractivity contribution < 1.29 is 5.11 Å². The quantitative estimate of drug-likeness (QED) is 0.841. The van der Waals surface area contributed by atoms with E-state index in [0.717, 1.165) is 0 Å². The van der Waals surface area contributed by atoms with Gasteiger partial charge in [-0.25, -0.2) is 0 Å². The summed E-state index contributed by atoms with van der Waals surface area (Å²) >= 11 is 0. The van der Waals surface area contributed by atoms with Gasteiger partial charge in [-0.2, -0.15) is 0 Å². The molecule has 0 aliphatic carbocycles. The van der Waals surface area contributed by atoms with Crippen molar-refractivity contribution in [2.45, 2.75) is 58.2 Å². The number of rotatable bonds is 2. The van der Waals surface area contributed by atoms with Crippen molar-refractivity contribution in [2.75, 3.05) is 0 Å². The van der Waals surface area contributed by atoms with Crippen LogP contribution in [0.15, 0.2) is 24.3 Å². The second-order valence-corrected chi connectivity index (χ2v) is 5.34. The Kier molecular flexibility index (Phi) is 3.72. The second-order valence-electron chi connectivity index (χ2n) is 5.34. The van der Waals surface area contributed by atoms with Crippen LogP contribution in [-0.2, 0) is 0 Å². The summed E-state index contributed by atoms with van der Waals surface area (Å²) in [5, 5.41) is 9.34. The molecule has 1 heterocycles. The Morgan fingerprint density at radius 2 is 1.65 bits per heavy atom. The largest absolute Gasteiger partial charge is 0.508 e. The summed E-state index contributed by atoms with van der Waals surface area (Å²) in [4.78, 5) is 2.61. The third kappa shape index (κ3) is 2.63. The molecule has 0 bridgehead atoms. The molecule has 1 saturated heterocycles. The van der Waals surface area contributed by atoms with Gasteiger partial charge in [0, 0.05) is 18.1 Å². The molecule has 94 valence electrons. The summed E-state index contributed by atoms with van der Waals surface area (Å²) in [5.74, 6) is 0.348. The highest BCUT2D eigenvalue weighted by molar-refractivity contribution is 5.28. The van der Waals surface area contributed by atoms with Crippen molar-refractivity contribution in [3.05, 3.63) is 29.8 Å². The fraction of sp³-hybridized carbons (Fsp3) is 0.600. The van der Waals surface area contributed by atoms with Gasteiger partial charge < -0.3 is 5.11 Å². The molecular formula is C15H23NO. The summed E-state index contributed by atoms with van der Waals surface area (Å²) < 4.78 is 0. The number of likely N-dealkylation sites (tertiary alicyclic amines) is 1. The van der Waals surface area contributed by atoms with Crippen molar-refractivity contribution in [1.82, 2.24) is 4.90 Å². The van der Waals surface area contributed by atoms with Gasteiger partial charge in [-0.1, -0.05) is 18.6 Å². The Balaban J connectivity index is 2.17. The van der Waals surface area contributed by atoms with Crippen molar-refractivity contribution in [3.63, 3.8) is 0 Å². The normalized spacial score (nSPS) is 27.9. The highest BCUT2D eigenvalue weighted by Gasteiger charge is 2.29. The van der Waals surface area contributed by atoms with Gasteiger partial charge in [-0.15, -0.1) is 0 Å². The van der Waals surface area contributed by atoms with Crippen LogP contribution in [-0.4, -0.2) is 22.1 Å². The first-order chi connectivity index (χ1) is 8.09. The first kappa shape index (κ1) is 12.4. The minimum Gasteiger partial charge on any atom is -0.508 e. The first-order valence-electron chi connectivity index (χ1n) is 6.66. The molecular weight excluding hydrogens is 210 g/mol. The number of phenolic OH excluding ortho intramolecular Hbond substituents is 1. The summed E-state index contributed by atoms with van der Waals surface area (Å²) in [7, 11) is 0. The summed E-state index contributed by atoms with van der Waals surface area (Å²) in [6.45, 7) is 6.92. The fourth-order valence-corrected chi connectivity index (χ4v) is 3.13. The lowest BCUT2D eigenvalue weighted by molar-refractivity contribution is 0.0623. The van der Waals surface area contributed by atoms with Crippen molar-refractivity contribution in [2.24, 2.45) is 0 Å². The van der Waals surface area contributed by atoms with Gasteiger partial charge in [0.05, 0.1) is 0 Å². The number of hydrogen-bond acceptors (Lipinski definition) is 2. The Labute approximate surface area is 104 Å². The highest BCUT2D eigenvalue weighted by atomic mass is 16.3. The summed E-state index contributed by atoms with van der Waals surface area (Å²) in [6, 6.07) is 9.38. The molecule has 0 radical (unpaired) electrons. The van der Waals surface area contributed by atoms with E-state index in [4.69, 9.17) is 0 Å². The SMILES string of the molecule is CC1CCCC(C)N1C(C)c1ccc(O)cc1. The van der Waals surface area contributed by atoms with E-state index in [1.165, 1.54) is 24.8 Å². The Bertz CT molecular complexity index is 350. The maximum absolute atomic E-state index is 9.34.